The van der Waals surface area contributed by atoms with Crippen LogP contribution in [0.3, 0.4) is 0 Å². The molecule has 6 nitrogen and oxygen atoms in total. The summed E-state index contributed by atoms with van der Waals surface area (Å²) in [5.74, 6) is -0.566. The average Bonchev–Trinajstić information content (AvgIpc) is 3.00. The number of benzene rings is 1. The Balaban J connectivity index is 0.00000261. The number of hydrogen-bond donors (Lipinski definition) is 1. The first-order valence-electron chi connectivity index (χ1n) is 8.00. The van der Waals surface area contributed by atoms with Crippen LogP contribution in [-0.4, -0.2) is 39.7 Å². The van der Waals surface area contributed by atoms with Crippen molar-refractivity contribution in [1.29, 1.82) is 0 Å². The number of hydrogen-bond acceptors (Lipinski definition) is 4. The van der Waals surface area contributed by atoms with Gasteiger partial charge in [0, 0.05) is 30.9 Å². The van der Waals surface area contributed by atoms with Gasteiger partial charge in [0.05, 0.1) is 11.3 Å². The molecule has 1 aromatic heterocycles. The molecule has 1 aliphatic rings. The number of nitrogens with zero attached hydrogens (tertiary/aromatic N) is 3. The van der Waals surface area contributed by atoms with E-state index >= 15 is 0 Å². The Labute approximate surface area is 159 Å². The number of amides is 1. The average molecular weight is 403 g/mol. The zero-order valence-corrected chi connectivity index (χ0v) is 15.2. The first-order valence-corrected chi connectivity index (χ1v) is 8.00. The second-order valence-corrected chi connectivity index (χ2v) is 6.26. The van der Waals surface area contributed by atoms with Crippen molar-refractivity contribution >= 4 is 18.3 Å². The molecule has 3 rings (SSSR count). The van der Waals surface area contributed by atoms with E-state index in [0.29, 0.717) is 25.2 Å². The van der Waals surface area contributed by atoms with Crippen molar-refractivity contribution < 1.29 is 18.0 Å². The van der Waals surface area contributed by atoms with Crippen LogP contribution >= 0.6 is 12.4 Å². The van der Waals surface area contributed by atoms with Crippen LogP contribution in [0.15, 0.2) is 35.1 Å². The molecule has 27 heavy (non-hydrogen) atoms. The molecule has 1 fully saturated rings. The Morgan fingerprint density at radius 1 is 1.30 bits per heavy atom. The molecule has 2 N–H and O–H groups in total. The topological polar surface area (TPSA) is 81.2 Å². The molecule has 1 atom stereocenters. The second kappa shape index (κ2) is 7.69. The van der Waals surface area contributed by atoms with Crippen LogP contribution < -0.4 is 11.2 Å². The van der Waals surface area contributed by atoms with E-state index in [0.717, 1.165) is 12.1 Å². The highest BCUT2D eigenvalue weighted by Crippen LogP contribution is 2.30. The molecule has 1 amide bonds. The Morgan fingerprint density at radius 3 is 2.59 bits per heavy atom. The molecule has 0 saturated carbocycles. The summed E-state index contributed by atoms with van der Waals surface area (Å²) in [7, 11) is 0. The van der Waals surface area contributed by atoms with E-state index in [-0.39, 0.29) is 29.8 Å². The summed E-state index contributed by atoms with van der Waals surface area (Å²) in [5, 5.41) is 4.04. The molecule has 0 unspecified atom stereocenters. The van der Waals surface area contributed by atoms with Gasteiger partial charge in [-0.2, -0.15) is 18.3 Å². The Hall–Kier alpha value is -2.39. The van der Waals surface area contributed by atoms with Crippen molar-refractivity contribution in [2.24, 2.45) is 5.73 Å². The SMILES string of the molecule is Cc1cc(=O)c(C(=O)N2CC[C@@H](N)C2)nn1-c1cccc(C(F)(F)F)c1.Cl. The summed E-state index contributed by atoms with van der Waals surface area (Å²) >= 11 is 0. The van der Waals surface area contributed by atoms with Crippen LogP contribution in [0.25, 0.3) is 5.69 Å². The molecular formula is C17H18ClF3N4O2. The first kappa shape index (κ1) is 20.9. The third-order valence-electron chi connectivity index (χ3n) is 4.24. The molecule has 0 radical (unpaired) electrons. The normalized spacial score (nSPS) is 16.9. The fourth-order valence-corrected chi connectivity index (χ4v) is 2.89. The molecule has 0 aliphatic carbocycles. The fourth-order valence-electron chi connectivity index (χ4n) is 2.89. The van der Waals surface area contributed by atoms with Crippen molar-refractivity contribution in [3.05, 3.63) is 57.5 Å². The molecule has 0 spiro atoms. The predicted octanol–water partition coefficient (Wildman–Crippen LogP) is 2.15. The van der Waals surface area contributed by atoms with Gasteiger partial charge in [-0.05, 0) is 31.5 Å². The van der Waals surface area contributed by atoms with E-state index in [2.05, 4.69) is 5.10 Å². The predicted molar refractivity (Wildman–Crippen MR) is 95.3 cm³/mol. The van der Waals surface area contributed by atoms with E-state index in [4.69, 9.17) is 5.73 Å². The van der Waals surface area contributed by atoms with Crippen molar-refractivity contribution in [3.8, 4) is 5.69 Å². The third-order valence-corrected chi connectivity index (χ3v) is 4.24. The van der Waals surface area contributed by atoms with Crippen molar-refractivity contribution in [1.82, 2.24) is 14.7 Å². The molecule has 2 heterocycles. The van der Waals surface area contributed by atoms with Crippen LogP contribution in [0.5, 0.6) is 0 Å². The minimum atomic E-state index is -4.51. The van der Waals surface area contributed by atoms with Crippen LogP contribution in [0, 0.1) is 6.92 Å². The lowest BCUT2D eigenvalue weighted by Gasteiger charge is -2.17. The molecule has 1 aliphatic heterocycles. The lowest BCUT2D eigenvalue weighted by molar-refractivity contribution is -0.137. The summed E-state index contributed by atoms with van der Waals surface area (Å²) in [5.41, 5.74) is 4.47. The van der Waals surface area contributed by atoms with Crippen molar-refractivity contribution in [2.75, 3.05) is 13.1 Å². The van der Waals surface area contributed by atoms with E-state index in [9.17, 15) is 22.8 Å². The number of halogens is 4. The van der Waals surface area contributed by atoms with Gasteiger partial charge in [-0.15, -0.1) is 12.4 Å². The van der Waals surface area contributed by atoms with Crippen molar-refractivity contribution in [3.63, 3.8) is 0 Å². The minimum Gasteiger partial charge on any atom is -0.336 e. The highest BCUT2D eigenvalue weighted by Gasteiger charge is 2.31. The monoisotopic (exact) mass is 402 g/mol. The smallest absolute Gasteiger partial charge is 0.336 e. The van der Waals surface area contributed by atoms with E-state index < -0.39 is 23.1 Å². The van der Waals surface area contributed by atoms with Gasteiger partial charge >= 0.3 is 6.18 Å². The fraction of sp³-hybridized carbons (Fsp3) is 0.353. The zero-order valence-electron chi connectivity index (χ0n) is 14.4. The Morgan fingerprint density at radius 2 is 2.00 bits per heavy atom. The van der Waals surface area contributed by atoms with Gasteiger partial charge in [-0.25, -0.2) is 4.68 Å². The Bertz CT molecular complexity index is 914. The minimum absolute atomic E-state index is 0. The maximum Gasteiger partial charge on any atom is 0.416 e. The van der Waals surface area contributed by atoms with E-state index in [1.807, 2.05) is 0 Å². The first-order chi connectivity index (χ1) is 12.2. The zero-order chi connectivity index (χ0) is 19.1. The number of carbonyl (C=O) groups is 1. The lowest BCUT2D eigenvalue weighted by atomic mass is 10.2. The molecule has 2 aromatic rings. The highest BCUT2D eigenvalue weighted by molar-refractivity contribution is 5.92. The van der Waals surface area contributed by atoms with Gasteiger partial charge in [-0.1, -0.05) is 6.07 Å². The highest BCUT2D eigenvalue weighted by atomic mass is 35.5. The Kier molecular flexibility index (Phi) is 5.96. The van der Waals surface area contributed by atoms with Gasteiger partial charge in [0.15, 0.2) is 5.69 Å². The third kappa shape index (κ3) is 4.30. The summed E-state index contributed by atoms with van der Waals surface area (Å²) < 4.78 is 40.0. The van der Waals surface area contributed by atoms with E-state index in [1.54, 1.807) is 0 Å². The number of aromatic nitrogens is 2. The van der Waals surface area contributed by atoms with Gasteiger partial charge in [-0.3, -0.25) is 9.59 Å². The summed E-state index contributed by atoms with van der Waals surface area (Å²) in [4.78, 5) is 26.2. The molecule has 146 valence electrons. The molecule has 0 bridgehead atoms. The van der Waals surface area contributed by atoms with Gasteiger partial charge < -0.3 is 10.6 Å². The van der Waals surface area contributed by atoms with Gasteiger partial charge in [0.25, 0.3) is 5.91 Å². The summed E-state index contributed by atoms with van der Waals surface area (Å²) in [6.07, 6.45) is -3.88. The lowest BCUT2D eigenvalue weighted by Crippen LogP contribution is -2.36. The van der Waals surface area contributed by atoms with Crippen molar-refractivity contribution in [2.45, 2.75) is 25.6 Å². The summed E-state index contributed by atoms with van der Waals surface area (Å²) in [6, 6.07) is 5.58. The maximum absolute atomic E-state index is 12.9. The molecule has 10 heteroatoms. The quantitative estimate of drug-likeness (QED) is 0.834. The van der Waals surface area contributed by atoms with Crippen LogP contribution in [0.2, 0.25) is 0 Å². The van der Waals surface area contributed by atoms with E-state index in [1.165, 1.54) is 34.7 Å². The number of carbonyl (C=O) groups excluding carboxylic acids is 1. The van der Waals surface area contributed by atoms with Gasteiger partial charge in [0.1, 0.15) is 0 Å². The number of aryl methyl sites for hydroxylation is 1. The molecule has 1 aromatic carbocycles. The standard InChI is InChI=1S/C17H17F3N4O2.ClH/c1-10-7-14(25)15(16(26)23-6-5-12(21)9-23)22-24(10)13-4-2-3-11(8-13)17(18,19)20;/h2-4,7-8,12H,5-6,9,21H2,1H3;1H/t12-;/m1./s1. The largest absolute Gasteiger partial charge is 0.416 e. The molecule has 1 saturated heterocycles. The summed E-state index contributed by atoms with van der Waals surface area (Å²) in [6.45, 7) is 2.27. The molecular weight excluding hydrogens is 385 g/mol. The van der Waals surface area contributed by atoms with Crippen LogP contribution in [0.4, 0.5) is 13.2 Å². The number of rotatable bonds is 2. The maximum atomic E-state index is 12.9. The van der Waals surface area contributed by atoms with Crippen LogP contribution in [-0.2, 0) is 6.18 Å². The second-order valence-electron chi connectivity index (χ2n) is 6.26. The number of nitrogens with two attached hydrogens (primary N) is 1. The number of alkyl halides is 3. The van der Waals surface area contributed by atoms with Gasteiger partial charge in [0.2, 0.25) is 5.43 Å². The van der Waals surface area contributed by atoms with Crippen LogP contribution in [0.1, 0.15) is 28.2 Å². The number of likely N-dealkylation sites (tertiary alicyclic amines) is 1.